The highest BCUT2D eigenvalue weighted by Crippen LogP contribution is 2.25. The van der Waals surface area contributed by atoms with E-state index in [-0.39, 0.29) is 0 Å². The molecule has 0 heterocycles. The van der Waals surface area contributed by atoms with Crippen molar-refractivity contribution >= 4 is 11.8 Å². The molecular formula is C16H27NOS. The highest BCUT2D eigenvalue weighted by molar-refractivity contribution is 7.98. The molecule has 1 aromatic carbocycles. The van der Waals surface area contributed by atoms with E-state index in [2.05, 4.69) is 44.3 Å². The minimum absolute atomic E-state index is 0.741. The molecule has 0 unspecified atom stereocenters. The fourth-order valence-electron chi connectivity index (χ4n) is 1.87. The van der Waals surface area contributed by atoms with Crippen LogP contribution in [0.4, 0.5) is 0 Å². The molecule has 0 radical (unpaired) electrons. The Morgan fingerprint density at radius 3 is 2.74 bits per heavy atom. The van der Waals surface area contributed by atoms with E-state index in [4.69, 9.17) is 4.74 Å². The van der Waals surface area contributed by atoms with Gasteiger partial charge in [-0.05, 0) is 42.3 Å². The van der Waals surface area contributed by atoms with E-state index >= 15 is 0 Å². The first kappa shape index (κ1) is 16.4. The summed E-state index contributed by atoms with van der Waals surface area (Å²) in [5.74, 6) is 3.98. The van der Waals surface area contributed by atoms with Crippen LogP contribution >= 0.6 is 11.8 Å². The van der Waals surface area contributed by atoms with Crippen molar-refractivity contribution in [3.63, 3.8) is 0 Å². The number of ether oxygens (including phenoxy) is 1. The number of hydrogen-bond donors (Lipinski definition) is 1. The smallest absolute Gasteiger partial charge is 0.122 e. The lowest BCUT2D eigenvalue weighted by Crippen LogP contribution is -2.13. The summed E-state index contributed by atoms with van der Waals surface area (Å²) in [4.78, 5) is 0. The first-order valence-electron chi connectivity index (χ1n) is 7.11. The normalized spacial score (nSPS) is 11.0. The molecule has 0 spiro atoms. The third-order valence-electron chi connectivity index (χ3n) is 2.81. The molecule has 0 aromatic heterocycles. The van der Waals surface area contributed by atoms with Crippen LogP contribution in [0.5, 0.6) is 5.75 Å². The van der Waals surface area contributed by atoms with Crippen LogP contribution in [0, 0.1) is 5.92 Å². The second kappa shape index (κ2) is 9.27. The number of rotatable bonds is 9. The second-order valence-electron chi connectivity index (χ2n) is 5.23. The van der Waals surface area contributed by atoms with E-state index in [1.165, 1.54) is 23.3 Å². The molecule has 19 heavy (non-hydrogen) atoms. The molecule has 3 heteroatoms. The summed E-state index contributed by atoms with van der Waals surface area (Å²) < 4.78 is 5.45. The van der Waals surface area contributed by atoms with Crippen LogP contribution in [0.25, 0.3) is 0 Å². The van der Waals surface area contributed by atoms with Gasteiger partial charge in [-0.1, -0.05) is 26.8 Å². The Kier molecular flexibility index (Phi) is 7.99. The molecule has 108 valence electrons. The Morgan fingerprint density at radius 1 is 1.32 bits per heavy atom. The summed E-state index contributed by atoms with van der Waals surface area (Å²) >= 11 is 1.98. The van der Waals surface area contributed by atoms with Crippen LogP contribution in [0.15, 0.2) is 18.2 Å². The Hall–Kier alpha value is -0.670. The highest BCUT2D eigenvalue weighted by Gasteiger charge is 2.05. The number of hydrogen-bond acceptors (Lipinski definition) is 3. The van der Waals surface area contributed by atoms with Crippen LogP contribution in [-0.2, 0) is 12.3 Å². The molecule has 0 atom stereocenters. The molecule has 0 aliphatic rings. The zero-order valence-electron chi connectivity index (χ0n) is 12.7. The zero-order chi connectivity index (χ0) is 14.1. The maximum Gasteiger partial charge on any atom is 0.122 e. The van der Waals surface area contributed by atoms with Crippen molar-refractivity contribution in [3.05, 3.63) is 29.3 Å². The molecule has 2 nitrogen and oxygen atoms in total. The molecule has 1 rings (SSSR count). The lowest BCUT2D eigenvalue weighted by Gasteiger charge is -2.12. The van der Waals surface area contributed by atoms with Crippen molar-refractivity contribution in [1.82, 2.24) is 5.32 Å². The van der Waals surface area contributed by atoms with E-state index in [0.717, 1.165) is 30.5 Å². The predicted octanol–water partition coefficient (Wildman–Crippen LogP) is 4.08. The molecule has 0 saturated heterocycles. The fraction of sp³-hybridized carbons (Fsp3) is 0.625. The van der Waals surface area contributed by atoms with Crippen molar-refractivity contribution in [3.8, 4) is 5.75 Å². The molecule has 0 amide bonds. The SMILES string of the molecule is CCCNCc1ccc(OC)c(CSCC(C)C)c1. The number of methoxy groups -OCH3 is 1. The maximum atomic E-state index is 5.45. The molecule has 0 aliphatic carbocycles. The second-order valence-corrected chi connectivity index (χ2v) is 6.26. The summed E-state index contributed by atoms with van der Waals surface area (Å²) in [5, 5.41) is 3.44. The predicted molar refractivity (Wildman–Crippen MR) is 86.0 cm³/mol. The van der Waals surface area contributed by atoms with Crippen LogP contribution in [0.1, 0.15) is 38.3 Å². The largest absolute Gasteiger partial charge is 0.496 e. The Labute approximate surface area is 122 Å². The Bertz CT molecular complexity index is 366. The fourth-order valence-corrected chi connectivity index (χ4v) is 2.90. The van der Waals surface area contributed by atoms with Gasteiger partial charge in [0.2, 0.25) is 0 Å². The average Bonchev–Trinajstić information content (AvgIpc) is 2.39. The van der Waals surface area contributed by atoms with Crippen LogP contribution in [0.3, 0.4) is 0 Å². The molecule has 0 aliphatic heterocycles. The lowest BCUT2D eigenvalue weighted by molar-refractivity contribution is 0.411. The van der Waals surface area contributed by atoms with Gasteiger partial charge in [0.05, 0.1) is 7.11 Å². The van der Waals surface area contributed by atoms with Crippen molar-refractivity contribution < 1.29 is 4.74 Å². The van der Waals surface area contributed by atoms with Gasteiger partial charge in [0.15, 0.2) is 0 Å². The topological polar surface area (TPSA) is 21.3 Å². The molecule has 1 aromatic rings. The molecule has 0 bridgehead atoms. The van der Waals surface area contributed by atoms with E-state index in [1.54, 1.807) is 7.11 Å². The van der Waals surface area contributed by atoms with Crippen LogP contribution in [-0.4, -0.2) is 19.4 Å². The first-order chi connectivity index (χ1) is 9.17. The van der Waals surface area contributed by atoms with E-state index < -0.39 is 0 Å². The van der Waals surface area contributed by atoms with Gasteiger partial charge in [0, 0.05) is 17.9 Å². The monoisotopic (exact) mass is 281 g/mol. The van der Waals surface area contributed by atoms with Crippen molar-refractivity contribution in [1.29, 1.82) is 0 Å². The summed E-state index contributed by atoms with van der Waals surface area (Å²) in [6, 6.07) is 6.52. The van der Waals surface area contributed by atoms with Gasteiger partial charge in [0.1, 0.15) is 5.75 Å². The standard InChI is InChI=1S/C16H27NOS/c1-5-8-17-10-14-6-7-16(18-4)15(9-14)12-19-11-13(2)3/h6-7,9,13,17H,5,8,10-12H2,1-4H3. The van der Waals surface area contributed by atoms with Gasteiger partial charge in [-0.2, -0.15) is 11.8 Å². The van der Waals surface area contributed by atoms with Crippen molar-refractivity contribution in [2.45, 2.75) is 39.5 Å². The number of nitrogens with one attached hydrogen (secondary N) is 1. The summed E-state index contributed by atoms with van der Waals surface area (Å²) in [6.07, 6.45) is 1.17. The van der Waals surface area contributed by atoms with Crippen molar-refractivity contribution in [2.24, 2.45) is 5.92 Å². The maximum absolute atomic E-state index is 5.45. The quantitative estimate of drug-likeness (QED) is 0.689. The summed E-state index contributed by atoms with van der Waals surface area (Å²) in [7, 11) is 1.75. The van der Waals surface area contributed by atoms with Gasteiger partial charge in [-0.25, -0.2) is 0 Å². The Morgan fingerprint density at radius 2 is 2.11 bits per heavy atom. The third kappa shape index (κ3) is 6.35. The van der Waals surface area contributed by atoms with Gasteiger partial charge >= 0.3 is 0 Å². The number of thioether (sulfide) groups is 1. The number of benzene rings is 1. The van der Waals surface area contributed by atoms with E-state index in [0.29, 0.717) is 0 Å². The third-order valence-corrected chi connectivity index (χ3v) is 4.23. The highest BCUT2D eigenvalue weighted by atomic mass is 32.2. The average molecular weight is 281 g/mol. The summed E-state index contributed by atoms with van der Waals surface area (Å²) in [5.41, 5.74) is 2.65. The minimum Gasteiger partial charge on any atom is -0.496 e. The minimum atomic E-state index is 0.741. The van der Waals surface area contributed by atoms with Crippen LogP contribution in [0.2, 0.25) is 0 Å². The first-order valence-corrected chi connectivity index (χ1v) is 8.27. The van der Waals surface area contributed by atoms with Crippen LogP contribution < -0.4 is 10.1 Å². The van der Waals surface area contributed by atoms with Gasteiger partial charge in [-0.15, -0.1) is 0 Å². The van der Waals surface area contributed by atoms with Gasteiger partial charge < -0.3 is 10.1 Å². The molecule has 0 fully saturated rings. The lowest BCUT2D eigenvalue weighted by atomic mass is 10.1. The molecule has 0 saturated carbocycles. The zero-order valence-corrected chi connectivity index (χ0v) is 13.5. The van der Waals surface area contributed by atoms with E-state index in [9.17, 15) is 0 Å². The van der Waals surface area contributed by atoms with Crippen molar-refractivity contribution in [2.75, 3.05) is 19.4 Å². The molecule has 1 N–H and O–H groups in total. The molecular weight excluding hydrogens is 254 g/mol. The van der Waals surface area contributed by atoms with E-state index in [1.807, 2.05) is 11.8 Å². The van der Waals surface area contributed by atoms with Gasteiger partial charge in [0.25, 0.3) is 0 Å². The summed E-state index contributed by atoms with van der Waals surface area (Å²) in [6.45, 7) is 8.72. The van der Waals surface area contributed by atoms with Gasteiger partial charge in [-0.3, -0.25) is 0 Å². The Balaban J connectivity index is 2.61.